The number of carbonyl (C=O) groups excluding carboxylic acids is 2. The molecule has 2 aromatic rings. The molecule has 5 heteroatoms. The lowest BCUT2D eigenvalue weighted by molar-refractivity contribution is 0.0895. The number of hydrogen-bond acceptors (Lipinski definition) is 4. The van der Waals surface area contributed by atoms with Crippen LogP contribution in [0.2, 0.25) is 0 Å². The summed E-state index contributed by atoms with van der Waals surface area (Å²) in [6.07, 6.45) is 2.20. The van der Waals surface area contributed by atoms with Crippen molar-refractivity contribution in [1.29, 1.82) is 0 Å². The van der Waals surface area contributed by atoms with Crippen molar-refractivity contribution in [3.63, 3.8) is 0 Å². The lowest BCUT2D eigenvalue weighted by atomic mass is 10.2. The van der Waals surface area contributed by atoms with E-state index >= 15 is 0 Å². The molecule has 0 bridgehead atoms. The molecule has 0 saturated carbocycles. The number of pyridine rings is 1. The van der Waals surface area contributed by atoms with Crippen LogP contribution in [-0.2, 0) is 0 Å². The standard InChI is InChI=1S/C10H8N2O3/c13-5-7-10(8(15)6-14)11-9-3-1-2-4-12(7)9/h1-5,14H,6H2. The first-order chi connectivity index (χ1) is 7.27. The van der Waals surface area contributed by atoms with Gasteiger partial charge in [0.1, 0.15) is 23.6 Å². The molecule has 1 N–H and O–H groups in total. The van der Waals surface area contributed by atoms with E-state index in [2.05, 4.69) is 4.98 Å². The van der Waals surface area contributed by atoms with Gasteiger partial charge in [0.2, 0.25) is 5.78 Å². The van der Waals surface area contributed by atoms with Gasteiger partial charge < -0.3 is 5.11 Å². The number of carbonyl (C=O) groups is 2. The summed E-state index contributed by atoms with van der Waals surface area (Å²) in [6, 6.07) is 5.17. The van der Waals surface area contributed by atoms with Crippen LogP contribution in [0.5, 0.6) is 0 Å². The zero-order valence-electron chi connectivity index (χ0n) is 7.75. The number of nitrogens with zero attached hydrogens (tertiary/aromatic N) is 2. The Bertz CT molecular complexity index is 530. The van der Waals surface area contributed by atoms with Crippen molar-refractivity contribution in [1.82, 2.24) is 9.38 Å². The van der Waals surface area contributed by atoms with Gasteiger partial charge in [-0.1, -0.05) is 6.07 Å². The largest absolute Gasteiger partial charge is 0.388 e. The number of aliphatic hydroxyl groups is 1. The van der Waals surface area contributed by atoms with E-state index in [9.17, 15) is 9.59 Å². The van der Waals surface area contributed by atoms with E-state index in [1.165, 1.54) is 4.40 Å². The van der Waals surface area contributed by atoms with Crippen LogP contribution in [0.4, 0.5) is 0 Å². The van der Waals surface area contributed by atoms with Crippen molar-refractivity contribution in [3.8, 4) is 0 Å². The smallest absolute Gasteiger partial charge is 0.208 e. The fraction of sp³-hybridized carbons (Fsp3) is 0.100. The SMILES string of the molecule is O=Cc1c(C(=O)CO)nc2ccccn12. The van der Waals surface area contributed by atoms with Crippen LogP contribution in [0.25, 0.3) is 5.65 Å². The first-order valence-corrected chi connectivity index (χ1v) is 4.34. The molecule has 5 nitrogen and oxygen atoms in total. The predicted octanol–water partition coefficient (Wildman–Crippen LogP) is 0.322. The molecule has 0 atom stereocenters. The maximum absolute atomic E-state index is 11.3. The van der Waals surface area contributed by atoms with Gasteiger partial charge >= 0.3 is 0 Å². The zero-order valence-corrected chi connectivity index (χ0v) is 7.75. The molecule has 2 heterocycles. The highest BCUT2D eigenvalue weighted by Crippen LogP contribution is 2.10. The Hall–Kier alpha value is -2.01. The first kappa shape index (κ1) is 9.54. The first-order valence-electron chi connectivity index (χ1n) is 4.34. The van der Waals surface area contributed by atoms with Crippen LogP contribution in [0.15, 0.2) is 24.4 Å². The summed E-state index contributed by atoms with van der Waals surface area (Å²) >= 11 is 0. The van der Waals surface area contributed by atoms with Crippen molar-refractivity contribution in [2.45, 2.75) is 0 Å². The third-order valence-electron chi connectivity index (χ3n) is 2.09. The molecule has 0 aliphatic carbocycles. The quantitative estimate of drug-likeness (QED) is 0.577. The minimum Gasteiger partial charge on any atom is -0.388 e. The summed E-state index contributed by atoms with van der Waals surface area (Å²) in [7, 11) is 0. The van der Waals surface area contributed by atoms with Crippen molar-refractivity contribution < 1.29 is 14.7 Å². The Balaban J connectivity index is 2.74. The lowest BCUT2D eigenvalue weighted by Crippen LogP contribution is -2.08. The van der Waals surface area contributed by atoms with Gasteiger partial charge in [0.05, 0.1) is 0 Å². The number of rotatable bonds is 3. The Labute approximate surface area is 85.0 Å². The maximum atomic E-state index is 11.3. The van der Waals surface area contributed by atoms with Crippen LogP contribution >= 0.6 is 0 Å². The third kappa shape index (κ3) is 1.42. The number of aldehydes is 1. The highest BCUT2D eigenvalue weighted by atomic mass is 16.3. The monoisotopic (exact) mass is 204 g/mol. The van der Waals surface area contributed by atoms with Crippen LogP contribution in [0.1, 0.15) is 21.0 Å². The third-order valence-corrected chi connectivity index (χ3v) is 2.09. The minimum atomic E-state index is -0.648. The second-order valence-electron chi connectivity index (χ2n) is 2.97. The number of aromatic nitrogens is 2. The van der Waals surface area contributed by atoms with Gasteiger partial charge in [-0.25, -0.2) is 4.98 Å². The van der Waals surface area contributed by atoms with E-state index in [1.54, 1.807) is 24.4 Å². The second kappa shape index (κ2) is 3.62. The van der Waals surface area contributed by atoms with Gasteiger partial charge in [-0.3, -0.25) is 14.0 Å². The highest BCUT2D eigenvalue weighted by Gasteiger charge is 2.16. The molecule has 0 amide bonds. The van der Waals surface area contributed by atoms with E-state index in [0.29, 0.717) is 11.9 Å². The number of hydrogen-bond donors (Lipinski definition) is 1. The fourth-order valence-corrected chi connectivity index (χ4v) is 1.41. The average molecular weight is 204 g/mol. The van der Waals surface area contributed by atoms with E-state index < -0.39 is 12.4 Å². The number of imidazole rings is 1. The Morgan fingerprint density at radius 2 is 2.33 bits per heavy atom. The molecule has 2 aromatic heterocycles. The van der Waals surface area contributed by atoms with Crippen molar-refractivity contribution >= 4 is 17.7 Å². The summed E-state index contributed by atoms with van der Waals surface area (Å²) in [4.78, 5) is 26.1. The molecule has 0 aromatic carbocycles. The average Bonchev–Trinajstić information content (AvgIpc) is 2.66. The molecule has 2 rings (SSSR count). The summed E-state index contributed by atoms with van der Waals surface area (Å²) in [5.41, 5.74) is 0.694. The molecule has 0 saturated heterocycles. The second-order valence-corrected chi connectivity index (χ2v) is 2.97. The van der Waals surface area contributed by atoms with Gasteiger partial charge in [0, 0.05) is 6.20 Å². The molecule has 0 aliphatic rings. The molecule has 0 unspecified atom stereocenters. The highest BCUT2D eigenvalue weighted by molar-refractivity contribution is 6.02. The molecule has 0 radical (unpaired) electrons. The number of Topliss-reactive ketones (excluding diaryl/α,β-unsaturated/α-hetero) is 1. The van der Waals surface area contributed by atoms with E-state index in [4.69, 9.17) is 5.11 Å². The van der Waals surface area contributed by atoms with Crippen LogP contribution in [0.3, 0.4) is 0 Å². The van der Waals surface area contributed by atoms with E-state index in [1.807, 2.05) is 0 Å². The normalized spacial score (nSPS) is 10.5. The molecule has 0 spiro atoms. The summed E-state index contributed by atoms with van der Waals surface area (Å²) in [5, 5.41) is 8.72. The topological polar surface area (TPSA) is 71.7 Å². The Morgan fingerprint density at radius 1 is 1.53 bits per heavy atom. The molecule has 0 aliphatic heterocycles. The van der Waals surface area contributed by atoms with Crippen LogP contribution < -0.4 is 0 Å². The van der Waals surface area contributed by atoms with E-state index in [-0.39, 0.29) is 11.4 Å². The molecule has 15 heavy (non-hydrogen) atoms. The summed E-state index contributed by atoms with van der Waals surface area (Å²) < 4.78 is 1.51. The fourth-order valence-electron chi connectivity index (χ4n) is 1.41. The molecular formula is C10H8N2O3. The van der Waals surface area contributed by atoms with Crippen LogP contribution in [-0.4, -0.2) is 33.2 Å². The molecule has 76 valence electrons. The van der Waals surface area contributed by atoms with Crippen molar-refractivity contribution in [2.75, 3.05) is 6.61 Å². The summed E-state index contributed by atoms with van der Waals surface area (Å²) in [6.45, 7) is -0.648. The number of ketones is 1. The van der Waals surface area contributed by atoms with Gasteiger partial charge in [-0.05, 0) is 12.1 Å². The number of fused-ring (bicyclic) bond motifs is 1. The maximum Gasteiger partial charge on any atom is 0.208 e. The lowest BCUT2D eigenvalue weighted by Gasteiger charge is -1.93. The Morgan fingerprint density at radius 3 is 3.00 bits per heavy atom. The zero-order chi connectivity index (χ0) is 10.8. The number of aliphatic hydroxyl groups excluding tert-OH is 1. The molecule has 0 fully saturated rings. The van der Waals surface area contributed by atoms with Crippen molar-refractivity contribution in [3.05, 3.63) is 35.8 Å². The van der Waals surface area contributed by atoms with E-state index in [0.717, 1.165) is 0 Å². The van der Waals surface area contributed by atoms with Crippen molar-refractivity contribution in [2.24, 2.45) is 0 Å². The van der Waals surface area contributed by atoms with Gasteiger partial charge in [0.15, 0.2) is 6.29 Å². The molecular weight excluding hydrogens is 196 g/mol. The van der Waals surface area contributed by atoms with Gasteiger partial charge in [-0.2, -0.15) is 0 Å². The Kier molecular flexibility index (Phi) is 2.31. The predicted molar refractivity (Wildman–Crippen MR) is 52.0 cm³/mol. The van der Waals surface area contributed by atoms with Crippen LogP contribution in [0, 0.1) is 0 Å². The van der Waals surface area contributed by atoms with Gasteiger partial charge in [-0.15, -0.1) is 0 Å². The summed E-state index contributed by atoms with van der Waals surface area (Å²) in [5.74, 6) is -0.555. The van der Waals surface area contributed by atoms with Gasteiger partial charge in [0.25, 0.3) is 0 Å². The minimum absolute atomic E-state index is 0.0127.